The van der Waals surface area contributed by atoms with Crippen molar-refractivity contribution in [2.45, 2.75) is 13.5 Å². The number of rotatable bonds is 5. The number of thiazole rings is 1. The molecule has 0 saturated carbocycles. The number of nitrogens with zero attached hydrogens (tertiary/aromatic N) is 1. The predicted octanol–water partition coefficient (Wildman–Crippen LogP) is 2.57. The van der Waals surface area contributed by atoms with Crippen LogP contribution in [0.5, 0.6) is 0 Å². The maximum Gasteiger partial charge on any atom is 0.229 e. The van der Waals surface area contributed by atoms with Gasteiger partial charge in [-0.25, -0.2) is 17.8 Å². The number of aryl methyl sites for hydroxylation is 1. The van der Waals surface area contributed by atoms with Gasteiger partial charge in [0.2, 0.25) is 10.0 Å². The van der Waals surface area contributed by atoms with Crippen molar-refractivity contribution < 1.29 is 12.8 Å². The minimum Gasteiger partial charge on any atom is -0.380 e. The molecule has 0 aliphatic carbocycles. The molecule has 0 radical (unpaired) electrons. The monoisotopic (exact) mass is 315 g/mol. The molecule has 1 heterocycles. The van der Waals surface area contributed by atoms with Crippen molar-refractivity contribution in [2.24, 2.45) is 0 Å². The van der Waals surface area contributed by atoms with Gasteiger partial charge in [-0.1, -0.05) is 0 Å². The standard InChI is InChI=1S/C12H14FN3O2S2/c1-8-14-6-10(19-8)7-15-9-3-4-11(13)12(5-9)16-20(2,17)18/h3-6,15-16H,7H2,1-2H3. The molecule has 0 saturated heterocycles. The molecule has 0 amide bonds. The van der Waals surface area contributed by atoms with Crippen molar-refractivity contribution in [1.82, 2.24) is 4.98 Å². The van der Waals surface area contributed by atoms with Gasteiger partial charge in [0.05, 0.1) is 23.5 Å². The van der Waals surface area contributed by atoms with Crippen molar-refractivity contribution in [3.05, 3.63) is 40.1 Å². The summed E-state index contributed by atoms with van der Waals surface area (Å²) in [5.41, 5.74) is 0.557. The van der Waals surface area contributed by atoms with Gasteiger partial charge in [-0.05, 0) is 25.1 Å². The summed E-state index contributed by atoms with van der Waals surface area (Å²) in [6.45, 7) is 2.47. The number of anilines is 2. The molecule has 0 bridgehead atoms. The average molecular weight is 315 g/mol. The van der Waals surface area contributed by atoms with Gasteiger partial charge in [-0.2, -0.15) is 0 Å². The van der Waals surface area contributed by atoms with Crippen LogP contribution in [0.25, 0.3) is 0 Å². The Kier molecular flexibility index (Phi) is 4.24. The summed E-state index contributed by atoms with van der Waals surface area (Å²) in [5.74, 6) is -0.616. The number of aromatic nitrogens is 1. The summed E-state index contributed by atoms with van der Waals surface area (Å²) in [7, 11) is -3.51. The summed E-state index contributed by atoms with van der Waals surface area (Å²) in [4.78, 5) is 5.18. The molecule has 0 aliphatic heterocycles. The van der Waals surface area contributed by atoms with Crippen LogP contribution < -0.4 is 10.0 Å². The third kappa shape index (κ3) is 4.17. The topological polar surface area (TPSA) is 71.1 Å². The zero-order valence-corrected chi connectivity index (χ0v) is 12.6. The van der Waals surface area contributed by atoms with E-state index in [0.717, 1.165) is 16.1 Å². The average Bonchev–Trinajstić information content (AvgIpc) is 2.74. The number of sulfonamides is 1. The smallest absolute Gasteiger partial charge is 0.229 e. The summed E-state index contributed by atoms with van der Waals surface area (Å²) >= 11 is 1.57. The summed E-state index contributed by atoms with van der Waals surface area (Å²) in [6, 6.07) is 4.19. The van der Waals surface area contributed by atoms with Gasteiger partial charge in [0.15, 0.2) is 0 Å². The summed E-state index contributed by atoms with van der Waals surface area (Å²) in [5, 5.41) is 4.07. The molecule has 8 heteroatoms. The second kappa shape index (κ2) is 5.76. The van der Waals surface area contributed by atoms with E-state index in [4.69, 9.17) is 0 Å². The largest absolute Gasteiger partial charge is 0.380 e. The van der Waals surface area contributed by atoms with Crippen molar-refractivity contribution in [3.8, 4) is 0 Å². The van der Waals surface area contributed by atoms with Crippen molar-refractivity contribution in [3.63, 3.8) is 0 Å². The van der Waals surface area contributed by atoms with E-state index in [-0.39, 0.29) is 5.69 Å². The highest BCUT2D eigenvalue weighted by atomic mass is 32.2. The molecule has 0 unspecified atom stereocenters. The lowest BCUT2D eigenvalue weighted by atomic mass is 10.2. The Morgan fingerprint density at radius 1 is 1.40 bits per heavy atom. The normalized spacial score (nSPS) is 11.3. The molecule has 0 fully saturated rings. The number of halogens is 1. The molecule has 0 atom stereocenters. The SMILES string of the molecule is Cc1ncc(CNc2ccc(F)c(NS(C)(=O)=O)c2)s1. The van der Waals surface area contributed by atoms with Crippen molar-refractivity contribution >= 4 is 32.7 Å². The van der Waals surface area contributed by atoms with Crippen LogP contribution >= 0.6 is 11.3 Å². The predicted molar refractivity (Wildman–Crippen MR) is 79.0 cm³/mol. The van der Waals surface area contributed by atoms with Crippen LogP contribution in [0.15, 0.2) is 24.4 Å². The Bertz CT molecular complexity index is 713. The minimum atomic E-state index is -3.51. The molecule has 2 rings (SSSR count). The van der Waals surface area contributed by atoms with E-state index in [2.05, 4.69) is 15.0 Å². The zero-order valence-electron chi connectivity index (χ0n) is 11.0. The van der Waals surface area contributed by atoms with Gasteiger partial charge in [-0.15, -0.1) is 11.3 Å². The van der Waals surface area contributed by atoms with Crippen LogP contribution in [-0.2, 0) is 16.6 Å². The van der Waals surface area contributed by atoms with E-state index < -0.39 is 15.8 Å². The maximum absolute atomic E-state index is 13.5. The lowest BCUT2D eigenvalue weighted by molar-refractivity contribution is 0.604. The van der Waals surface area contributed by atoms with Crippen LogP contribution in [0.1, 0.15) is 9.88 Å². The van der Waals surface area contributed by atoms with E-state index in [1.54, 1.807) is 23.6 Å². The van der Waals surface area contributed by atoms with E-state index in [1.807, 2.05) is 6.92 Å². The quantitative estimate of drug-likeness (QED) is 0.889. The van der Waals surface area contributed by atoms with E-state index in [1.165, 1.54) is 12.1 Å². The Balaban J connectivity index is 2.11. The lowest BCUT2D eigenvalue weighted by Crippen LogP contribution is -2.11. The van der Waals surface area contributed by atoms with Gasteiger partial charge in [0.25, 0.3) is 0 Å². The highest BCUT2D eigenvalue weighted by Crippen LogP contribution is 2.21. The molecular formula is C12H14FN3O2S2. The Labute approximate surface area is 120 Å². The molecular weight excluding hydrogens is 301 g/mol. The minimum absolute atomic E-state index is 0.0713. The molecule has 0 spiro atoms. The third-order valence-corrected chi connectivity index (χ3v) is 3.90. The van der Waals surface area contributed by atoms with Crippen molar-refractivity contribution in [1.29, 1.82) is 0 Å². The number of hydrogen-bond donors (Lipinski definition) is 2. The fourth-order valence-corrected chi connectivity index (χ4v) is 2.88. The first-order valence-corrected chi connectivity index (χ1v) is 8.47. The van der Waals surface area contributed by atoms with Crippen LogP contribution in [-0.4, -0.2) is 19.7 Å². The zero-order chi connectivity index (χ0) is 14.8. The molecule has 20 heavy (non-hydrogen) atoms. The molecule has 5 nitrogen and oxygen atoms in total. The Morgan fingerprint density at radius 3 is 2.75 bits per heavy atom. The summed E-state index contributed by atoms with van der Waals surface area (Å²) < 4.78 is 37.9. The molecule has 1 aromatic carbocycles. The Hall–Kier alpha value is -1.67. The fourth-order valence-electron chi connectivity index (χ4n) is 1.59. The van der Waals surface area contributed by atoms with Crippen LogP contribution in [0, 0.1) is 12.7 Å². The summed E-state index contributed by atoms with van der Waals surface area (Å²) in [6.07, 6.45) is 2.75. The Morgan fingerprint density at radius 2 is 2.15 bits per heavy atom. The molecule has 108 valence electrons. The van der Waals surface area contributed by atoms with Crippen LogP contribution in [0.3, 0.4) is 0 Å². The van der Waals surface area contributed by atoms with Gasteiger partial charge in [0, 0.05) is 16.8 Å². The third-order valence-electron chi connectivity index (χ3n) is 2.40. The van der Waals surface area contributed by atoms with E-state index >= 15 is 0 Å². The first-order valence-electron chi connectivity index (χ1n) is 5.76. The molecule has 2 aromatic rings. The maximum atomic E-state index is 13.5. The van der Waals surface area contributed by atoms with Crippen LogP contribution in [0.2, 0.25) is 0 Å². The first kappa shape index (κ1) is 14.7. The number of hydrogen-bond acceptors (Lipinski definition) is 5. The van der Waals surface area contributed by atoms with E-state index in [9.17, 15) is 12.8 Å². The first-order chi connectivity index (χ1) is 9.33. The van der Waals surface area contributed by atoms with Gasteiger partial charge >= 0.3 is 0 Å². The second-order valence-electron chi connectivity index (χ2n) is 4.27. The molecule has 1 aromatic heterocycles. The van der Waals surface area contributed by atoms with Gasteiger partial charge in [0.1, 0.15) is 5.82 Å². The molecule has 0 aliphatic rings. The van der Waals surface area contributed by atoms with Gasteiger partial charge in [-0.3, -0.25) is 4.72 Å². The number of benzene rings is 1. The molecule has 2 N–H and O–H groups in total. The highest BCUT2D eigenvalue weighted by Gasteiger charge is 2.08. The fraction of sp³-hybridized carbons (Fsp3) is 0.250. The van der Waals surface area contributed by atoms with Gasteiger partial charge < -0.3 is 5.32 Å². The number of nitrogens with one attached hydrogen (secondary N) is 2. The lowest BCUT2D eigenvalue weighted by Gasteiger charge is -2.09. The highest BCUT2D eigenvalue weighted by molar-refractivity contribution is 7.92. The van der Waals surface area contributed by atoms with Crippen LogP contribution in [0.4, 0.5) is 15.8 Å². The second-order valence-corrected chi connectivity index (χ2v) is 7.34. The van der Waals surface area contributed by atoms with E-state index in [0.29, 0.717) is 12.2 Å². The van der Waals surface area contributed by atoms with Crippen molar-refractivity contribution in [2.75, 3.05) is 16.3 Å².